The number of nitrogens with two attached hydrogens (primary N) is 1. The van der Waals surface area contributed by atoms with Gasteiger partial charge in [0, 0.05) is 6.42 Å². The highest BCUT2D eigenvalue weighted by Crippen LogP contribution is 2.30. The predicted octanol–water partition coefficient (Wildman–Crippen LogP) is 1.59. The molecule has 18 heavy (non-hydrogen) atoms. The van der Waals surface area contributed by atoms with Crippen LogP contribution in [0.25, 0.3) is 0 Å². The summed E-state index contributed by atoms with van der Waals surface area (Å²) in [4.78, 5) is 0. The second-order valence-electron chi connectivity index (χ2n) is 4.86. The number of ether oxygens (including phenoxy) is 2. The summed E-state index contributed by atoms with van der Waals surface area (Å²) in [7, 11) is 3.20. The molecule has 0 radical (unpaired) electrons. The molecule has 1 rings (SSSR count). The van der Waals surface area contributed by atoms with Crippen molar-refractivity contribution in [3.63, 3.8) is 0 Å². The van der Waals surface area contributed by atoms with Crippen molar-refractivity contribution in [2.75, 3.05) is 20.8 Å². The molecule has 3 N–H and O–H groups in total. The third-order valence-electron chi connectivity index (χ3n) is 3.43. The first-order valence-electron chi connectivity index (χ1n) is 6.08. The summed E-state index contributed by atoms with van der Waals surface area (Å²) >= 11 is 0. The fourth-order valence-electron chi connectivity index (χ4n) is 1.83. The van der Waals surface area contributed by atoms with E-state index in [2.05, 4.69) is 0 Å². The summed E-state index contributed by atoms with van der Waals surface area (Å²) in [5.41, 5.74) is 5.78. The molecule has 2 atom stereocenters. The van der Waals surface area contributed by atoms with Crippen LogP contribution in [0.1, 0.15) is 19.4 Å². The zero-order valence-corrected chi connectivity index (χ0v) is 11.6. The molecule has 0 aliphatic carbocycles. The lowest BCUT2D eigenvalue weighted by Crippen LogP contribution is -2.39. The molecule has 0 spiro atoms. The van der Waals surface area contributed by atoms with Crippen molar-refractivity contribution >= 4 is 0 Å². The monoisotopic (exact) mass is 253 g/mol. The highest BCUT2D eigenvalue weighted by Gasteiger charge is 2.27. The van der Waals surface area contributed by atoms with Gasteiger partial charge in [-0.25, -0.2) is 0 Å². The quantitative estimate of drug-likeness (QED) is 0.808. The van der Waals surface area contributed by atoms with Gasteiger partial charge in [-0.1, -0.05) is 13.0 Å². The Morgan fingerprint density at radius 3 is 2.39 bits per heavy atom. The molecule has 4 nitrogen and oxygen atoms in total. The van der Waals surface area contributed by atoms with Crippen LogP contribution in [-0.4, -0.2) is 31.5 Å². The van der Waals surface area contributed by atoms with Crippen molar-refractivity contribution in [2.24, 2.45) is 11.7 Å². The lowest BCUT2D eigenvalue weighted by atomic mass is 9.85. The van der Waals surface area contributed by atoms with Gasteiger partial charge in [-0.2, -0.15) is 0 Å². The van der Waals surface area contributed by atoms with Gasteiger partial charge in [-0.3, -0.25) is 0 Å². The topological polar surface area (TPSA) is 64.7 Å². The largest absolute Gasteiger partial charge is 0.493 e. The molecule has 0 fully saturated rings. The number of rotatable bonds is 6. The zero-order chi connectivity index (χ0) is 13.8. The Hall–Kier alpha value is -1.26. The van der Waals surface area contributed by atoms with Gasteiger partial charge >= 0.3 is 0 Å². The first-order valence-corrected chi connectivity index (χ1v) is 6.08. The third kappa shape index (κ3) is 3.37. The molecular weight excluding hydrogens is 230 g/mol. The molecule has 1 aromatic carbocycles. The molecule has 4 heteroatoms. The van der Waals surface area contributed by atoms with E-state index in [4.69, 9.17) is 15.2 Å². The normalized spacial score (nSPS) is 15.9. The van der Waals surface area contributed by atoms with Crippen molar-refractivity contribution in [1.82, 2.24) is 0 Å². The van der Waals surface area contributed by atoms with E-state index in [-0.39, 0.29) is 5.92 Å². The third-order valence-corrected chi connectivity index (χ3v) is 3.43. The lowest BCUT2D eigenvalue weighted by molar-refractivity contribution is 0.0102. The van der Waals surface area contributed by atoms with Crippen molar-refractivity contribution < 1.29 is 14.6 Å². The molecule has 0 aromatic heterocycles. The Kier molecular flexibility index (Phi) is 4.99. The van der Waals surface area contributed by atoms with Gasteiger partial charge in [0.05, 0.1) is 19.8 Å². The van der Waals surface area contributed by atoms with Gasteiger partial charge in [0.15, 0.2) is 11.5 Å². The second-order valence-corrected chi connectivity index (χ2v) is 4.86. The Bertz CT molecular complexity index is 391. The van der Waals surface area contributed by atoms with E-state index in [1.165, 1.54) is 0 Å². The fraction of sp³-hybridized carbons (Fsp3) is 0.571. The summed E-state index contributed by atoms with van der Waals surface area (Å²) in [6.45, 7) is 4.21. The van der Waals surface area contributed by atoms with Crippen LogP contribution < -0.4 is 15.2 Å². The molecule has 0 amide bonds. The van der Waals surface area contributed by atoms with Gasteiger partial charge < -0.3 is 20.3 Å². The fourth-order valence-corrected chi connectivity index (χ4v) is 1.83. The van der Waals surface area contributed by atoms with Crippen molar-refractivity contribution in [2.45, 2.75) is 25.9 Å². The van der Waals surface area contributed by atoms with Crippen molar-refractivity contribution in [1.29, 1.82) is 0 Å². The summed E-state index contributed by atoms with van der Waals surface area (Å²) in [5.74, 6) is 1.39. The van der Waals surface area contributed by atoms with Crippen LogP contribution >= 0.6 is 0 Å². The second kappa shape index (κ2) is 6.07. The Labute approximate surface area is 109 Å². The number of aliphatic hydroxyl groups is 1. The molecule has 102 valence electrons. The highest BCUT2D eigenvalue weighted by atomic mass is 16.5. The summed E-state index contributed by atoms with van der Waals surface area (Å²) in [6, 6.07) is 5.66. The van der Waals surface area contributed by atoms with Crippen molar-refractivity contribution in [3.8, 4) is 11.5 Å². The Balaban J connectivity index is 2.91. The van der Waals surface area contributed by atoms with Gasteiger partial charge in [0.2, 0.25) is 0 Å². The van der Waals surface area contributed by atoms with Gasteiger partial charge in [0.1, 0.15) is 0 Å². The van der Waals surface area contributed by atoms with Crippen LogP contribution in [0.15, 0.2) is 18.2 Å². The number of hydrogen-bond donors (Lipinski definition) is 2. The van der Waals surface area contributed by atoms with E-state index < -0.39 is 5.60 Å². The van der Waals surface area contributed by atoms with E-state index in [0.717, 1.165) is 5.56 Å². The standard InChI is InChI=1S/C14H23NO3/c1-10(9-15)14(2,16)8-11-5-6-12(17-3)13(7-11)18-4/h5-7,10,16H,8-9,15H2,1-4H3. The van der Waals surface area contributed by atoms with Crippen LogP contribution in [-0.2, 0) is 6.42 Å². The summed E-state index contributed by atoms with van der Waals surface area (Å²) in [6.07, 6.45) is 0.533. The van der Waals surface area contributed by atoms with E-state index in [1.807, 2.05) is 25.1 Å². The first kappa shape index (κ1) is 14.8. The molecule has 1 aromatic rings. The molecule has 0 saturated carbocycles. The number of benzene rings is 1. The highest BCUT2D eigenvalue weighted by molar-refractivity contribution is 5.43. The Morgan fingerprint density at radius 1 is 1.28 bits per heavy atom. The van der Waals surface area contributed by atoms with E-state index >= 15 is 0 Å². The maximum Gasteiger partial charge on any atom is 0.160 e. The molecule has 0 aliphatic rings. The molecule has 0 aliphatic heterocycles. The zero-order valence-electron chi connectivity index (χ0n) is 11.6. The van der Waals surface area contributed by atoms with Crippen molar-refractivity contribution in [3.05, 3.63) is 23.8 Å². The summed E-state index contributed by atoms with van der Waals surface area (Å²) < 4.78 is 10.4. The molecule has 0 saturated heterocycles. The minimum absolute atomic E-state index is 0.0330. The average Bonchev–Trinajstić information content (AvgIpc) is 2.36. The SMILES string of the molecule is COc1ccc(CC(C)(O)C(C)CN)cc1OC. The summed E-state index contributed by atoms with van der Waals surface area (Å²) in [5, 5.41) is 10.4. The number of methoxy groups -OCH3 is 2. The smallest absolute Gasteiger partial charge is 0.160 e. The molecule has 2 unspecified atom stereocenters. The van der Waals surface area contributed by atoms with Crippen LogP contribution in [0.2, 0.25) is 0 Å². The van der Waals surface area contributed by atoms with Crippen LogP contribution in [0, 0.1) is 5.92 Å². The molecule has 0 heterocycles. The lowest BCUT2D eigenvalue weighted by Gasteiger charge is -2.29. The minimum Gasteiger partial charge on any atom is -0.493 e. The molecule has 0 bridgehead atoms. The van der Waals surface area contributed by atoms with Crippen LogP contribution in [0.5, 0.6) is 11.5 Å². The van der Waals surface area contributed by atoms with Gasteiger partial charge in [0.25, 0.3) is 0 Å². The van der Waals surface area contributed by atoms with E-state index in [9.17, 15) is 5.11 Å². The minimum atomic E-state index is -0.825. The maximum absolute atomic E-state index is 10.4. The molecular formula is C14H23NO3. The van der Waals surface area contributed by atoms with Crippen LogP contribution in [0.3, 0.4) is 0 Å². The van der Waals surface area contributed by atoms with Crippen LogP contribution in [0.4, 0.5) is 0 Å². The van der Waals surface area contributed by atoms with Gasteiger partial charge in [-0.15, -0.1) is 0 Å². The Morgan fingerprint density at radius 2 is 1.89 bits per heavy atom. The average molecular weight is 253 g/mol. The van der Waals surface area contributed by atoms with E-state index in [0.29, 0.717) is 24.5 Å². The number of hydrogen-bond acceptors (Lipinski definition) is 4. The van der Waals surface area contributed by atoms with E-state index in [1.54, 1.807) is 21.1 Å². The maximum atomic E-state index is 10.4. The predicted molar refractivity (Wildman–Crippen MR) is 72.1 cm³/mol. The van der Waals surface area contributed by atoms with Gasteiger partial charge in [-0.05, 0) is 37.1 Å². The first-order chi connectivity index (χ1) is 8.44.